The first-order chi connectivity index (χ1) is 58.2. The zero-order valence-electron chi connectivity index (χ0n) is 69.6. The van der Waals surface area contributed by atoms with Gasteiger partial charge in [-0.1, -0.05) is 315 Å². The lowest BCUT2D eigenvalue weighted by atomic mass is 9.75. The van der Waals surface area contributed by atoms with E-state index in [2.05, 4.69) is 188 Å². The van der Waals surface area contributed by atoms with E-state index < -0.39 is 8.07 Å². The molecule has 0 heterocycles. The molecule has 11 heteroatoms. The van der Waals surface area contributed by atoms with E-state index in [1.165, 1.54) is 38.2 Å². The smallest absolute Gasteiger partial charge is 0.150 e. The maximum atomic E-state index is 11.3. The highest BCUT2D eigenvalue weighted by molar-refractivity contribution is 7.11. The number of aryl methyl sites for hydroxylation is 2. The van der Waals surface area contributed by atoms with Crippen molar-refractivity contribution < 1.29 is 25.5 Å². The maximum absolute atomic E-state index is 11.3. The normalized spacial score (nSPS) is 11.7. The molecule has 120 heavy (non-hydrogen) atoms. The highest BCUT2D eigenvalue weighted by Crippen LogP contribution is 2.42. The van der Waals surface area contributed by atoms with Crippen LogP contribution in [0.3, 0.4) is 0 Å². The van der Waals surface area contributed by atoms with E-state index in [0.717, 1.165) is 114 Å². The van der Waals surface area contributed by atoms with Crippen LogP contribution in [0.4, 0.5) is 28.4 Å². The fraction of sp³-hybridized carbons (Fsp3) is 0.128. The Morgan fingerprint density at radius 3 is 1.18 bits per heavy atom. The Morgan fingerprint density at radius 2 is 0.675 bits per heavy atom. The standard InChI is InChI=1S/C26H23NOSi.C26H19NO.C23H31NO.C20H17NO.C14H13NO/c1-29(23-15-7-3-8-16-23,24-17-9-4-10-18-24)25-19-11-12-21(26(25)28)20-27-22-13-5-2-6-14-22;28-26-20(10-6-12-25(26)18-7-2-1-3-8-18)17-27-22-13-14-24-21(16-22)15-19-9-4-5-11-23(19)24;1-7-22(3,4)18-14-17(16-24-19-12-10-9-11-13-19)21(25)20(15-18)23(5,6)8-2;1-15-12-17(16-8-4-2-5-9-16)13-18(20(15)22)14-21-19-10-6-3-7-11-19;1-11-6-5-7-12(14(11)16)10-15-13-8-3-2-4-9-13/h2-20,28H,1H3;1-14,16-17,28H,15H2;9-16,25H,7-8H2,1-6H3;2-14,22H,1H3;2-10,16H,1H3. The molecule has 0 saturated carbocycles. The van der Waals surface area contributed by atoms with Gasteiger partial charge in [-0.25, -0.2) is 0 Å². The predicted molar refractivity (Wildman–Crippen MR) is 508 cm³/mol. The number of hydrogen-bond acceptors (Lipinski definition) is 10. The highest BCUT2D eigenvalue weighted by atomic mass is 28.3. The van der Waals surface area contributed by atoms with Gasteiger partial charge in [-0.05, 0) is 212 Å². The molecule has 598 valence electrons. The number of benzene rings is 15. The van der Waals surface area contributed by atoms with Gasteiger partial charge in [0.1, 0.15) is 36.8 Å². The maximum Gasteiger partial charge on any atom is 0.150 e. The number of phenols is 5. The average Bonchev–Trinajstić information content (AvgIpc) is 0.941. The van der Waals surface area contributed by atoms with Gasteiger partial charge < -0.3 is 25.5 Å². The summed E-state index contributed by atoms with van der Waals surface area (Å²) in [6.45, 7) is 19.3. The van der Waals surface area contributed by atoms with E-state index in [4.69, 9.17) is 0 Å². The number of para-hydroxylation sites is 7. The van der Waals surface area contributed by atoms with Crippen LogP contribution in [0.15, 0.2) is 389 Å². The fourth-order valence-corrected chi connectivity index (χ4v) is 17.9. The summed E-state index contributed by atoms with van der Waals surface area (Å²) in [5.41, 5.74) is 21.3. The van der Waals surface area contributed by atoms with Gasteiger partial charge in [-0.2, -0.15) is 0 Å². The van der Waals surface area contributed by atoms with E-state index in [1.54, 1.807) is 31.1 Å². The molecule has 0 spiro atoms. The molecule has 10 nitrogen and oxygen atoms in total. The van der Waals surface area contributed by atoms with Crippen molar-refractivity contribution in [2.45, 2.75) is 92.0 Å². The van der Waals surface area contributed by atoms with Crippen molar-refractivity contribution in [3.63, 3.8) is 0 Å². The Balaban J connectivity index is 0.000000139. The van der Waals surface area contributed by atoms with Gasteiger partial charge in [0.2, 0.25) is 0 Å². The molecule has 0 fully saturated rings. The minimum atomic E-state index is -2.37. The van der Waals surface area contributed by atoms with Crippen molar-refractivity contribution >= 4 is 83.1 Å². The van der Waals surface area contributed by atoms with Crippen molar-refractivity contribution in [2.24, 2.45) is 25.0 Å². The molecule has 0 amide bonds. The minimum absolute atomic E-state index is 0.0572. The first kappa shape index (κ1) is 85.2. The zero-order valence-corrected chi connectivity index (χ0v) is 70.6. The highest BCUT2D eigenvalue weighted by Gasteiger charge is 2.37. The topological polar surface area (TPSA) is 163 Å². The fourth-order valence-electron chi connectivity index (χ4n) is 14.1. The van der Waals surface area contributed by atoms with E-state index >= 15 is 0 Å². The van der Waals surface area contributed by atoms with E-state index in [9.17, 15) is 25.5 Å². The van der Waals surface area contributed by atoms with Crippen LogP contribution in [0.1, 0.15) is 116 Å². The third-order valence-electron chi connectivity index (χ3n) is 22.1. The summed E-state index contributed by atoms with van der Waals surface area (Å²) in [6.07, 6.45) is 11.6. The van der Waals surface area contributed by atoms with Crippen molar-refractivity contribution in [3.8, 4) is 62.1 Å². The first-order valence-corrected chi connectivity index (χ1v) is 43.2. The Hall–Kier alpha value is -14.1. The number of fused-ring (bicyclic) bond motifs is 3. The zero-order chi connectivity index (χ0) is 84.4. The molecule has 0 aromatic heterocycles. The van der Waals surface area contributed by atoms with Crippen LogP contribution < -0.4 is 15.6 Å². The lowest BCUT2D eigenvalue weighted by Crippen LogP contribution is -2.64. The SMILES string of the molecule is CCC(C)(C)c1cc(C=Nc2ccccc2)c(O)c(C(C)(C)CC)c1.C[Si](c1ccccc1)(c1ccccc1)c1cccc(C=Nc2ccccc2)c1O.Cc1cc(-c2ccccc2)cc(C=Nc2ccccc2)c1O.Cc1cccc(C=Nc2ccccc2)c1O.Oc1c(C=Nc2ccc3c(c2)Cc2ccccc2-3)cccc1-c1ccccc1. The Morgan fingerprint density at radius 1 is 0.292 bits per heavy atom. The van der Waals surface area contributed by atoms with Crippen molar-refractivity contribution in [1.29, 1.82) is 0 Å². The molecule has 0 unspecified atom stereocenters. The number of nitrogens with zero attached hydrogens (tertiary/aromatic N) is 5. The number of hydrogen-bond donors (Lipinski definition) is 5. The van der Waals surface area contributed by atoms with E-state index in [0.29, 0.717) is 22.8 Å². The summed E-state index contributed by atoms with van der Waals surface area (Å²) in [7, 11) is -2.37. The summed E-state index contributed by atoms with van der Waals surface area (Å²) in [5.74, 6) is 1.49. The minimum Gasteiger partial charge on any atom is -0.507 e. The van der Waals surface area contributed by atoms with Crippen LogP contribution in [0.2, 0.25) is 6.55 Å². The van der Waals surface area contributed by atoms with Crippen molar-refractivity contribution in [1.82, 2.24) is 0 Å². The van der Waals surface area contributed by atoms with Crippen LogP contribution in [0, 0.1) is 13.8 Å². The molecule has 15 aromatic rings. The van der Waals surface area contributed by atoms with Gasteiger partial charge >= 0.3 is 0 Å². The number of phenolic OH excluding ortho intramolecular Hbond substituents is 5. The third kappa shape index (κ3) is 21.7. The van der Waals surface area contributed by atoms with E-state index in [1.807, 2.05) is 263 Å². The number of rotatable bonds is 19. The molecule has 0 aliphatic heterocycles. The second-order valence-electron chi connectivity index (χ2n) is 31.1. The van der Waals surface area contributed by atoms with Crippen molar-refractivity contribution in [2.75, 3.05) is 0 Å². The lowest BCUT2D eigenvalue weighted by molar-refractivity contribution is 0.424. The summed E-state index contributed by atoms with van der Waals surface area (Å²) in [4.78, 5) is 22.4. The van der Waals surface area contributed by atoms with Gasteiger partial charge in [0, 0.05) is 70.0 Å². The molecular weight excluding hydrogens is 1490 g/mol. The molecule has 1 aliphatic carbocycles. The monoisotopic (exact) mass is 1590 g/mol. The second-order valence-corrected chi connectivity index (χ2v) is 35.0. The molecule has 15 aromatic carbocycles. The van der Waals surface area contributed by atoms with Gasteiger partial charge in [-0.15, -0.1) is 0 Å². The Labute approximate surface area is 708 Å². The van der Waals surface area contributed by atoms with Gasteiger partial charge in [-0.3, -0.25) is 25.0 Å². The molecular formula is C109H103N5O5Si. The molecule has 1 aliphatic rings. The molecule has 16 rings (SSSR count). The summed E-state index contributed by atoms with van der Waals surface area (Å²) >= 11 is 0. The quantitative estimate of drug-likeness (QED) is 0.0309. The summed E-state index contributed by atoms with van der Waals surface area (Å²) in [6, 6.07) is 120. The molecule has 0 saturated heterocycles. The average molecular weight is 1590 g/mol. The Bertz CT molecular complexity index is 6000. The van der Waals surface area contributed by atoms with Crippen LogP contribution >= 0.6 is 0 Å². The Kier molecular flexibility index (Phi) is 28.9. The summed E-state index contributed by atoms with van der Waals surface area (Å²) in [5, 5.41) is 56.4. The van der Waals surface area contributed by atoms with Crippen LogP contribution in [0.25, 0.3) is 33.4 Å². The van der Waals surface area contributed by atoms with Gasteiger partial charge in [0.25, 0.3) is 0 Å². The van der Waals surface area contributed by atoms with E-state index in [-0.39, 0.29) is 22.3 Å². The van der Waals surface area contributed by atoms with Gasteiger partial charge in [0.15, 0.2) is 0 Å². The molecule has 0 radical (unpaired) electrons. The predicted octanol–water partition coefficient (Wildman–Crippen LogP) is 25.7. The number of aromatic hydroxyl groups is 5. The number of aliphatic imine (C=N–C) groups is 5. The third-order valence-corrected chi connectivity index (χ3v) is 26.6. The van der Waals surface area contributed by atoms with Crippen LogP contribution in [-0.4, -0.2) is 64.7 Å². The second kappa shape index (κ2) is 40.6. The first-order valence-electron chi connectivity index (χ1n) is 40.7. The molecule has 5 N–H and O–H groups in total. The van der Waals surface area contributed by atoms with Crippen LogP contribution in [0.5, 0.6) is 28.7 Å². The molecule has 0 bridgehead atoms. The van der Waals surface area contributed by atoms with Crippen LogP contribution in [-0.2, 0) is 17.3 Å². The summed E-state index contributed by atoms with van der Waals surface area (Å²) < 4.78 is 0. The lowest BCUT2D eigenvalue weighted by Gasteiger charge is -2.30. The van der Waals surface area contributed by atoms with Crippen molar-refractivity contribution in [3.05, 3.63) is 425 Å². The van der Waals surface area contributed by atoms with Gasteiger partial charge in [0.05, 0.1) is 28.4 Å². The largest absolute Gasteiger partial charge is 0.507 e. The molecule has 0 atom stereocenters.